The highest BCUT2D eigenvalue weighted by Gasteiger charge is 2.29. The van der Waals surface area contributed by atoms with Crippen LogP contribution in [0.1, 0.15) is 48.0 Å². The fourth-order valence-corrected chi connectivity index (χ4v) is 2.65. The predicted octanol–water partition coefficient (Wildman–Crippen LogP) is 2.51. The number of ether oxygens (including phenoxy) is 1. The predicted molar refractivity (Wildman–Crippen MR) is 78.0 cm³/mol. The molecule has 1 unspecified atom stereocenters. The van der Waals surface area contributed by atoms with Crippen LogP contribution < -0.4 is 5.32 Å². The van der Waals surface area contributed by atoms with Gasteiger partial charge in [0.15, 0.2) is 0 Å². The SMILES string of the molecule is CCCNC(CN1C[C@@H](C)O[C@@H](C)C1)C(C)(C)C. The normalized spacial score (nSPS) is 28.3. The number of hydrogen-bond acceptors (Lipinski definition) is 3. The molecule has 108 valence electrons. The molecule has 3 atom stereocenters. The first-order chi connectivity index (χ1) is 8.32. The summed E-state index contributed by atoms with van der Waals surface area (Å²) in [6, 6.07) is 0.551. The van der Waals surface area contributed by atoms with Crippen LogP contribution in [-0.2, 0) is 4.74 Å². The van der Waals surface area contributed by atoms with E-state index >= 15 is 0 Å². The van der Waals surface area contributed by atoms with Crippen molar-refractivity contribution in [1.29, 1.82) is 0 Å². The van der Waals surface area contributed by atoms with E-state index in [9.17, 15) is 0 Å². The van der Waals surface area contributed by atoms with Gasteiger partial charge < -0.3 is 10.1 Å². The lowest BCUT2D eigenvalue weighted by Crippen LogP contribution is -2.54. The fourth-order valence-electron chi connectivity index (χ4n) is 2.65. The first-order valence-electron chi connectivity index (χ1n) is 7.44. The lowest BCUT2D eigenvalue weighted by Gasteiger charge is -2.41. The van der Waals surface area contributed by atoms with E-state index in [1.807, 2.05) is 0 Å². The van der Waals surface area contributed by atoms with Gasteiger partial charge in [-0.15, -0.1) is 0 Å². The summed E-state index contributed by atoms with van der Waals surface area (Å²) in [5.41, 5.74) is 0.306. The average Bonchev–Trinajstić information content (AvgIpc) is 2.21. The first-order valence-corrected chi connectivity index (χ1v) is 7.44. The maximum absolute atomic E-state index is 5.80. The summed E-state index contributed by atoms with van der Waals surface area (Å²) in [7, 11) is 0. The van der Waals surface area contributed by atoms with Crippen molar-refractivity contribution in [3.8, 4) is 0 Å². The second kappa shape index (κ2) is 6.88. The quantitative estimate of drug-likeness (QED) is 0.818. The van der Waals surface area contributed by atoms with Crippen molar-refractivity contribution < 1.29 is 4.74 Å². The molecule has 0 aromatic heterocycles. The largest absolute Gasteiger partial charge is 0.373 e. The van der Waals surface area contributed by atoms with Gasteiger partial charge in [0.2, 0.25) is 0 Å². The molecule has 1 aliphatic rings. The minimum absolute atomic E-state index is 0.306. The van der Waals surface area contributed by atoms with E-state index in [1.165, 1.54) is 6.42 Å². The van der Waals surface area contributed by atoms with E-state index < -0.39 is 0 Å². The molecule has 0 spiro atoms. The monoisotopic (exact) mass is 256 g/mol. The Morgan fingerprint density at radius 1 is 1.22 bits per heavy atom. The Morgan fingerprint density at radius 2 is 1.78 bits per heavy atom. The maximum Gasteiger partial charge on any atom is 0.0678 e. The Morgan fingerprint density at radius 3 is 2.22 bits per heavy atom. The van der Waals surface area contributed by atoms with Crippen molar-refractivity contribution in [2.75, 3.05) is 26.2 Å². The van der Waals surface area contributed by atoms with E-state index in [4.69, 9.17) is 4.74 Å². The minimum atomic E-state index is 0.306. The molecule has 18 heavy (non-hydrogen) atoms. The topological polar surface area (TPSA) is 24.5 Å². The summed E-state index contributed by atoms with van der Waals surface area (Å²) in [5.74, 6) is 0. The smallest absolute Gasteiger partial charge is 0.0678 e. The molecule has 1 rings (SSSR count). The van der Waals surface area contributed by atoms with E-state index in [0.717, 1.165) is 26.2 Å². The minimum Gasteiger partial charge on any atom is -0.373 e. The molecule has 0 saturated carbocycles. The van der Waals surface area contributed by atoms with Gasteiger partial charge in [-0.25, -0.2) is 0 Å². The van der Waals surface area contributed by atoms with Crippen LogP contribution in [0.3, 0.4) is 0 Å². The summed E-state index contributed by atoms with van der Waals surface area (Å²) in [5, 5.41) is 3.70. The number of nitrogens with zero attached hydrogens (tertiary/aromatic N) is 1. The molecule has 0 aromatic rings. The third kappa shape index (κ3) is 5.25. The standard InChI is InChI=1S/C15H32N2O/c1-7-8-16-14(15(4,5)6)11-17-9-12(2)18-13(3)10-17/h12-14,16H,7-11H2,1-6H3/t12-,13+,14?. The zero-order valence-corrected chi connectivity index (χ0v) is 13.1. The van der Waals surface area contributed by atoms with Crippen LogP contribution in [0.4, 0.5) is 0 Å². The highest BCUT2D eigenvalue weighted by Crippen LogP contribution is 2.21. The molecule has 3 nitrogen and oxygen atoms in total. The van der Waals surface area contributed by atoms with E-state index in [1.54, 1.807) is 0 Å². The maximum atomic E-state index is 5.80. The molecule has 0 amide bonds. The van der Waals surface area contributed by atoms with Crippen molar-refractivity contribution in [2.24, 2.45) is 5.41 Å². The number of hydrogen-bond donors (Lipinski definition) is 1. The van der Waals surface area contributed by atoms with Crippen LogP contribution >= 0.6 is 0 Å². The lowest BCUT2D eigenvalue weighted by atomic mass is 9.86. The van der Waals surface area contributed by atoms with Gasteiger partial charge >= 0.3 is 0 Å². The van der Waals surface area contributed by atoms with Gasteiger partial charge in [-0.2, -0.15) is 0 Å². The van der Waals surface area contributed by atoms with Crippen molar-refractivity contribution in [1.82, 2.24) is 10.2 Å². The van der Waals surface area contributed by atoms with Crippen molar-refractivity contribution >= 4 is 0 Å². The van der Waals surface area contributed by atoms with Crippen molar-refractivity contribution in [3.63, 3.8) is 0 Å². The third-order valence-corrected chi connectivity index (χ3v) is 3.62. The zero-order chi connectivity index (χ0) is 13.8. The van der Waals surface area contributed by atoms with Crippen LogP contribution in [0.25, 0.3) is 0 Å². The molecule has 0 bridgehead atoms. The second-order valence-corrected chi connectivity index (χ2v) is 6.85. The fraction of sp³-hybridized carbons (Fsp3) is 1.00. The molecule has 1 N–H and O–H groups in total. The zero-order valence-electron chi connectivity index (χ0n) is 13.1. The number of nitrogens with one attached hydrogen (secondary N) is 1. The molecular formula is C15H32N2O. The second-order valence-electron chi connectivity index (χ2n) is 6.85. The molecule has 1 fully saturated rings. The molecule has 1 aliphatic heterocycles. The van der Waals surface area contributed by atoms with Gasteiger partial charge in [-0.1, -0.05) is 27.7 Å². The van der Waals surface area contributed by atoms with Crippen LogP contribution in [0.2, 0.25) is 0 Å². The average molecular weight is 256 g/mol. The lowest BCUT2D eigenvalue weighted by molar-refractivity contribution is -0.0725. The Labute approximate surface area is 113 Å². The van der Waals surface area contributed by atoms with Gasteiger partial charge in [0, 0.05) is 25.7 Å². The van der Waals surface area contributed by atoms with Crippen molar-refractivity contribution in [3.05, 3.63) is 0 Å². The Balaban J connectivity index is 2.54. The summed E-state index contributed by atoms with van der Waals surface area (Å²) in [6.07, 6.45) is 1.92. The van der Waals surface area contributed by atoms with E-state index in [-0.39, 0.29) is 0 Å². The Hall–Kier alpha value is -0.120. The molecular weight excluding hydrogens is 224 g/mol. The Kier molecular flexibility index (Phi) is 6.09. The third-order valence-electron chi connectivity index (χ3n) is 3.62. The van der Waals surface area contributed by atoms with Crippen LogP contribution in [0.15, 0.2) is 0 Å². The van der Waals surface area contributed by atoms with Crippen LogP contribution in [0, 0.1) is 5.41 Å². The molecule has 3 heteroatoms. The van der Waals surface area contributed by atoms with Gasteiger partial charge in [-0.3, -0.25) is 4.90 Å². The van der Waals surface area contributed by atoms with Gasteiger partial charge in [0.1, 0.15) is 0 Å². The number of rotatable bonds is 5. The number of morpholine rings is 1. The Bertz CT molecular complexity index is 227. The molecule has 1 heterocycles. The van der Waals surface area contributed by atoms with Crippen LogP contribution in [-0.4, -0.2) is 49.3 Å². The summed E-state index contributed by atoms with van der Waals surface area (Å²) >= 11 is 0. The van der Waals surface area contributed by atoms with Crippen molar-refractivity contribution in [2.45, 2.75) is 66.2 Å². The summed E-state index contributed by atoms with van der Waals surface area (Å²) in [4.78, 5) is 2.55. The highest BCUT2D eigenvalue weighted by molar-refractivity contribution is 4.85. The van der Waals surface area contributed by atoms with E-state index in [2.05, 4.69) is 51.8 Å². The molecule has 0 radical (unpaired) electrons. The van der Waals surface area contributed by atoms with Gasteiger partial charge in [0.05, 0.1) is 12.2 Å². The van der Waals surface area contributed by atoms with Gasteiger partial charge in [0.25, 0.3) is 0 Å². The molecule has 0 aromatic carbocycles. The summed E-state index contributed by atoms with van der Waals surface area (Å²) in [6.45, 7) is 17.9. The van der Waals surface area contributed by atoms with Crippen LogP contribution in [0.5, 0.6) is 0 Å². The molecule has 0 aliphatic carbocycles. The highest BCUT2D eigenvalue weighted by atomic mass is 16.5. The summed E-state index contributed by atoms with van der Waals surface area (Å²) < 4.78 is 5.80. The first kappa shape index (κ1) is 15.9. The van der Waals surface area contributed by atoms with Gasteiger partial charge in [-0.05, 0) is 32.2 Å². The van der Waals surface area contributed by atoms with E-state index in [0.29, 0.717) is 23.7 Å². The molecule has 1 saturated heterocycles.